The Kier molecular flexibility index (Phi) is 4.76. The highest BCUT2D eigenvalue weighted by Gasteiger charge is 2.60. The van der Waals surface area contributed by atoms with E-state index in [1.54, 1.807) is 0 Å². The zero-order chi connectivity index (χ0) is 17.3. The number of aliphatic hydroxyl groups is 1. The van der Waals surface area contributed by atoms with E-state index < -0.39 is 35.3 Å². The number of nitrogens with two attached hydrogens (primary N) is 1. The van der Waals surface area contributed by atoms with Crippen LogP contribution in [0.1, 0.15) is 25.8 Å². The molecule has 0 fully saturated rings. The molecule has 1 unspecified atom stereocenters. The van der Waals surface area contributed by atoms with E-state index in [1.807, 2.05) is 0 Å². The predicted octanol–water partition coefficient (Wildman–Crippen LogP) is 2.28. The summed E-state index contributed by atoms with van der Waals surface area (Å²) >= 11 is 0. The molecular formula is C14H17F4NO3. The van der Waals surface area contributed by atoms with Gasteiger partial charge in [-0.3, -0.25) is 4.79 Å². The normalized spacial score (nSPS) is 15.3. The van der Waals surface area contributed by atoms with Gasteiger partial charge in [0.2, 0.25) is 5.60 Å². The fraction of sp³-hybridized carbons (Fsp3) is 0.500. The van der Waals surface area contributed by atoms with Crippen molar-refractivity contribution in [1.29, 1.82) is 0 Å². The van der Waals surface area contributed by atoms with E-state index in [0.717, 1.165) is 12.1 Å². The van der Waals surface area contributed by atoms with Crippen molar-refractivity contribution in [3.05, 3.63) is 29.6 Å². The summed E-state index contributed by atoms with van der Waals surface area (Å²) in [5, 5.41) is 9.72. The summed E-state index contributed by atoms with van der Waals surface area (Å²) in [6.07, 6.45) is -6.32. The van der Waals surface area contributed by atoms with Crippen LogP contribution >= 0.6 is 0 Å². The monoisotopic (exact) mass is 323 g/mol. The second kappa shape index (κ2) is 5.75. The third-order valence-corrected chi connectivity index (χ3v) is 3.47. The molecule has 0 bridgehead atoms. The first-order chi connectivity index (χ1) is 9.85. The number of carbonyl (C=O) groups is 1. The fourth-order valence-electron chi connectivity index (χ4n) is 2.27. The van der Waals surface area contributed by atoms with Gasteiger partial charge in [-0.1, -0.05) is 13.8 Å². The Morgan fingerprint density at radius 1 is 1.32 bits per heavy atom. The molecule has 0 saturated carbocycles. The third kappa shape index (κ3) is 3.32. The van der Waals surface area contributed by atoms with Crippen molar-refractivity contribution in [1.82, 2.24) is 0 Å². The molecule has 0 aliphatic heterocycles. The van der Waals surface area contributed by atoms with Gasteiger partial charge in [0.1, 0.15) is 11.6 Å². The first kappa shape index (κ1) is 18.2. The lowest BCUT2D eigenvalue weighted by molar-refractivity contribution is -0.255. The Balaban J connectivity index is 3.36. The zero-order valence-electron chi connectivity index (χ0n) is 12.3. The molecule has 0 aliphatic carbocycles. The van der Waals surface area contributed by atoms with Crippen LogP contribution in [0.3, 0.4) is 0 Å². The molecule has 0 saturated heterocycles. The van der Waals surface area contributed by atoms with Gasteiger partial charge in [-0.15, -0.1) is 0 Å². The average Bonchev–Trinajstić information content (AvgIpc) is 2.36. The second-order valence-corrected chi connectivity index (χ2v) is 5.63. The van der Waals surface area contributed by atoms with Crippen LogP contribution in [0.4, 0.5) is 17.6 Å². The molecule has 1 rings (SSSR count). The van der Waals surface area contributed by atoms with Gasteiger partial charge in [-0.25, -0.2) is 4.39 Å². The molecule has 0 aromatic heterocycles. The Morgan fingerprint density at radius 2 is 1.86 bits per heavy atom. The number of amides is 1. The highest BCUT2D eigenvalue weighted by molar-refractivity contribution is 5.84. The predicted molar refractivity (Wildman–Crippen MR) is 70.8 cm³/mol. The quantitative estimate of drug-likeness (QED) is 0.817. The van der Waals surface area contributed by atoms with Crippen LogP contribution in [0.15, 0.2) is 18.2 Å². The molecular weight excluding hydrogens is 306 g/mol. The van der Waals surface area contributed by atoms with Crippen LogP contribution in [-0.4, -0.2) is 29.9 Å². The SMILES string of the molecule is COc1ccc(F)cc1C(C)(C)CC(O)(C(N)=O)C(F)(F)F. The average molecular weight is 323 g/mol. The number of alkyl halides is 3. The molecule has 1 aromatic rings. The maximum absolute atomic E-state index is 13.4. The van der Waals surface area contributed by atoms with Gasteiger partial charge in [0.05, 0.1) is 7.11 Å². The first-order valence-corrected chi connectivity index (χ1v) is 6.28. The smallest absolute Gasteiger partial charge is 0.426 e. The third-order valence-electron chi connectivity index (χ3n) is 3.47. The lowest BCUT2D eigenvalue weighted by atomic mass is 9.74. The maximum Gasteiger partial charge on any atom is 0.426 e. The first-order valence-electron chi connectivity index (χ1n) is 6.28. The van der Waals surface area contributed by atoms with Crippen molar-refractivity contribution in [2.45, 2.75) is 37.5 Å². The zero-order valence-corrected chi connectivity index (χ0v) is 12.3. The van der Waals surface area contributed by atoms with E-state index in [-0.39, 0.29) is 11.3 Å². The summed E-state index contributed by atoms with van der Waals surface area (Å²) in [7, 11) is 1.27. The number of ether oxygens (including phenoxy) is 1. The molecule has 1 amide bonds. The summed E-state index contributed by atoms with van der Waals surface area (Å²) in [5.41, 5.74) is -0.355. The summed E-state index contributed by atoms with van der Waals surface area (Å²) in [6.45, 7) is 2.65. The largest absolute Gasteiger partial charge is 0.496 e. The molecule has 22 heavy (non-hydrogen) atoms. The van der Waals surface area contributed by atoms with Gasteiger partial charge in [-0.05, 0) is 23.6 Å². The van der Waals surface area contributed by atoms with Crippen molar-refractivity contribution in [2.75, 3.05) is 7.11 Å². The van der Waals surface area contributed by atoms with E-state index in [1.165, 1.54) is 27.0 Å². The number of rotatable bonds is 5. The van der Waals surface area contributed by atoms with E-state index in [0.29, 0.717) is 0 Å². The number of hydrogen-bond acceptors (Lipinski definition) is 3. The van der Waals surface area contributed by atoms with Gasteiger partial charge < -0.3 is 15.6 Å². The van der Waals surface area contributed by atoms with Gasteiger partial charge in [0.15, 0.2) is 0 Å². The maximum atomic E-state index is 13.4. The minimum Gasteiger partial charge on any atom is -0.496 e. The van der Waals surface area contributed by atoms with Crippen LogP contribution < -0.4 is 10.5 Å². The van der Waals surface area contributed by atoms with E-state index in [2.05, 4.69) is 0 Å². The lowest BCUT2D eigenvalue weighted by Crippen LogP contribution is -2.58. The minimum absolute atomic E-state index is 0.0823. The van der Waals surface area contributed by atoms with Crippen LogP contribution in [0.2, 0.25) is 0 Å². The summed E-state index contributed by atoms with van der Waals surface area (Å²) < 4.78 is 57.4. The summed E-state index contributed by atoms with van der Waals surface area (Å²) in [6, 6.07) is 3.34. The lowest BCUT2D eigenvalue weighted by Gasteiger charge is -2.36. The number of methoxy groups -OCH3 is 1. The Morgan fingerprint density at radius 3 is 2.27 bits per heavy atom. The van der Waals surface area contributed by atoms with E-state index >= 15 is 0 Å². The molecule has 0 radical (unpaired) electrons. The number of carbonyl (C=O) groups excluding carboxylic acids is 1. The molecule has 1 atom stereocenters. The van der Waals surface area contributed by atoms with Crippen LogP contribution in [0.5, 0.6) is 5.75 Å². The molecule has 0 spiro atoms. The number of benzene rings is 1. The number of primary amides is 1. The molecule has 0 heterocycles. The standard InChI is InChI=1S/C14H17F4NO3/c1-12(2,7-13(21,11(19)20)14(16,17)18)9-6-8(15)4-5-10(9)22-3/h4-6,21H,7H2,1-3H3,(H2,19,20). The van der Waals surface area contributed by atoms with Gasteiger partial charge in [-0.2, -0.15) is 13.2 Å². The van der Waals surface area contributed by atoms with Gasteiger partial charge >= 0.3 is 6.18 Å². The van der Waals surface area contributed by atoms with Crippen LogP contribution in [-0.2, 0) is 10.2 Å². The topological polar surface area (TPSA) is 72.6 Å². The summed E-state index contributed by atoms with van der Waals surface area (Å²) in [4.78, 5) is 11.1. The molecule has 1 aromatic carbocycles. The molecule has 0 aliphatic rings. The van der Waals surface area contributed by atoms with Crippen molar-refractivity contribution in [3.8, 4) is 5.75 Å². The van der Waals surface area contributed by atoms with Crippen molar-refractivity contribution in [3.63, 3.8) is 0 Å². The summed E-state index contributed by atoms with van der Waals surface area (Å²) in [5.74, 6) is -2.46. The van der Waals surface area contributed by atoms with Crippen molar-refractivity contribution in [2.24, 2.45) is 5.73 Å². The highest BCUT2D eigenvalue weighted by atomic mass is 19.4. The van der Waals surface area contributed by atoms with Gasteiger partial charge in [0.25, 0.3) is 5.91 Å². The van der Waals surface area contributed by atoms with Gasteiger partial charge in [0, 0.05) is 12.0 Å². The second-order valence-electron chi connectivity index (χ2n) is 5.63. The Bertz CT molecular complexity index is 572. The minimum atomic E-state index is -5.25. The Hall–Kier alpha value is -1.83. The highest BCUT2D eigenvalue weighted by Crippen LogP contribution is 2.43. The molecule has 4 nitrogen and oxygen atoms in total. The van der Waals surface area contributed by atoms with Crippen molar-refractivity contribution >= 4 is 5.91 Å². The molecule has 124 valence electrons. The van der Waals surface area contributed by atoms with E-state index in [9.17, 15) is 27.5 Å². The fourth-order valence-corrected chi connectivity index (χ4v) is 2.27. The molecule has 8 heteroatoms. The Labute approximate surface area is 124 Å². The number of halogens is 4. The molecule has 3 N–H and O–H groups in total. The van der Waals surface area contributed by atoms with Crippen molar-refractivity contribution < 1.29 is 32.2 Å². The number of hydrogen-bond donors (Lipinski definition) is 2. The van der Waals surface area contributed by atoms with E-state index in [4.69, 9.17) is 10.5 Å². The van der Waals surface area contributed by atoms with Crippen LogP contribution in [0.25, 0.3) is 0 Å². The van der Waals surface area contributed by atoms with Crippen LogP contribution in [0, 0.1) is 5.82 Å².